The van der Waals surface area contributed by atoms with Gasteiger partial charge in [0.05, 0.1) is 26.9 Å². The zero-order valence-corrected chi connectivity index (χ0v) is 12.9. The van der Waals surface area contributed by atoms with E-state index in [4.69, 9.17) is 9.47 Å². The fraction of sp³-hybridized carbons (Fsp3) is 0.467. The SMILES string of the molecule is COc1cccc(C(=O)N[C@@H](CO)C(=O)NN2CCOCC2)c1. The maximum Gasteiger partial charge on any atom is 0.259 e. The number of aliphatic hydroxyl groups is 1. The molecule has 1 atom stereocenters. The smallest absolute Gasteiger partial charge is 0.259 e. The predicted octanol–water partition coefficient (Wildman–Crippen LogP) is -0.851. The summed E-state index contributed by atoms with van der Waals surface area (Å²) in [6, 6.07) is 5.52. The van der Waals surface area contributed by atoms with Crippen molar-refractivity contribution in [2.45, 2.75) is 6.04 Å². The number of hydrogen-bond donors (Lipinski definition) is 3. The Morgan fingerprint density at radius 1 is 1.39 bits per heavy atom. The largest absolute Gasteiger partial charge is 0.497 e. The molecule has 23 heavy (non-hydrogen) atoms. The Balaban J connectivity index is 1.94. The standard InChI is InChI=1S/C15H21N3O5/c1-22-12-4-2-3-11(9-12)14(20)16-13(10-19)15(21)17-18-5-7-23-8-6-18/h2-4,9,13,19H,5-8,10H2,1H3,(H,16,20)(H,17,21)/t13-/m0/s1. The van der Waals surface area contributed by atoms with Gasteiger partial charge in [-0.25, -0.2) is 5.01 Å². The van der Waals surface area contributed by atoms with Crippen LogP contribution in [0.4, 0.5) is 0 Å². The first kappa shape index (κ1) is 17.2. The maximum absolute atomic E-state index is 12.2. The van der Waals surface area contributed by atoms with E-state index in [0.717, 1.165) is 0 Å². The Morgan fingerprint density at radius 3 is 2.78 bits per heavy atom. The van der Waals surface area contributed by atoms with E-state index in [2.05, 4.69) is 10.7 Å². The lowest BCUT2D eigenvalue weighted by Crippen LogP contribution is -2.56. The van der Waals surface area contributed by atoms with Crippen molar-refractivity contribution < 1.29 is 24.2 Å². The summed E-state index contributed by atoms with van der Waals surface area (Å²) in [6.07, 6.45) is 0. The fourth-order valence-electron chi connectivity index (χ4n) is 2.11. The highest BCUT2D eigenvalue weighted by molar-refractivity contribution is 5.97. The number of amides is 2. The Kier molecular flexibility index (Phi) is 6.33. The summed E-state index contributed by atoms with van der Waals surface area (Å²) >= 11 is 0. The van der Waals surface area contributed by atoms with Gasteiger partial charge in [-0.1, -0.05) is 6.07 Å². The molecule has 1 aliphatic heterocycles. The van der Waals surface area contributed by atoms with Crippen LogP contribution in [0.25, 0.3) is 0 Å². The number of aliphatic hydroxyl groups excluding tert-OH is 1. The molecule has 8 heteroatoms. The molecule has 0 aromatic heterocycles. The first-order valence-electron chi connectivity index (χ1n) is 7.33. The van der Waals surface area contributed by atoms with Gasteiger partial charge >= 0.3 is 0 Å². The molecular weight excluding hydrogens is 302 g/mol. The second-order valence-electron chi connectivity index (χ2n) is 5.02. The third-order valence-corrected chi connectivity index (χ3v) is 3.42. The average molecular weight is 323 g/mol. The molecule has 0 saturated carbocycles. The van der Waals surface area contributed by atoms with E-state index in [-0.39, 0.29) is 0 Å². The molecule has 1 saturated heterocycles. The van der Waals surface area contributed by atoms with Gasteiger partial charge < -0.3 is 19.9 Å². The van der Waals surface area contributed by atoms with Crippen molar-refractivity contribution in [3.8, 4) is 5.75 Å². The molecule has 0 aliphatic carbocycles. The average Bonchev–Trinajstić information content (AvgIpc) is 2.60. The summed E-state index contributed by atoms with van der Waals surface area (Å²) in [4.78, 5) is 24.3. The third kappa shape index (κ3) is 4.92. The molecule has 1 aromatic carbocycles. The lowest BCUT2D eigenvalue weighted by molar-refractivity contribution is -0.130. The van der Waals surface area contributed by atoms with Gasteiger partial charge in [0.25, 0.3) is 11.8 Å². The van der Waals surface area contributed by atoms with Gasteiger partial charge in [-0.3, -0.25) is 15.0 Å². The van der Waals surface area contributed by atoms with Crippen molar-refractivity contribution in [1.29, 1.82) is 0 Å². The Bertz CT molecular complexity index is 546. The molecule has 0 bridgehead atoms. The molecular formula is C15H21N3O5. The molecule has 0 unspecified atom stereocenters. The van der Waals surface area contributed by atoms with Crippen LogP contribution in [-0.2, 0) is 9.53 Å². The molecule has 0 spiro atoms. The summed E-state index contributed by atoms with van der Waals surface area (Å²) in [5.74, 6) is -0.387. The summed E-state index contributed by atoms with van der Waals surface area (Å²) in [5, 5.41) is 13.6. The van der Waals surface area contributed by atoms with Crippen molar-refractivity contribution in [3.63, 3.8) is 0 Å². The molecule has 2 rings (SSSR count). The van der Waals surface area contributed by atoms with E-state index in [9.17, 15) is 14.7 Å². The summed E-state index contributed by atoms with van der Waals surface area (Å²) in [6.45, 7) is 1.69. The van der Waals surface area contributed by atoms with Gasteiger partial charge in [-0.15, -0.1) is 0 Å². The Morgan fingerprint density at radius 2 is 2.13 bits per heavy atom. The second kappa shape index (κ2) is 8.47. The quantitative estimate of drug-likeness (QED) is 0.630. The molecule has 1 aliphatic rings. The van der Waals surface area contributed by atoms with Crippen LogP contribution in [0.2, 0.25) is 0 Å². The number of hydrogen-bond acceptors (Lipinski definition) is 6. The van der Waals surface area contributed by atoms with Gasteiger partial charge in [0.15, 0.2) is 0 Å². The van der Waals surface area contributed by atoms with Crippen LogP contribution in [0, 0.1) is 0 Å². The normalized spacial score (nSPS) is 16.4. The number of benzene rings is 1. The monoisotopic (exact) mass is 323 g/mol. The molecule has 1 heterocycles. The number of carbonyl (C=O) groups excluding carboxylic acids is 2. The molecule has 1 fully saturated rings. The molecule has 1 aromatic rings. The predicted molar refractivity (Wildman–Crippen MR) is 81.9 cm³/mol. The summed E-state index contributed by atoms with van der Waals surface area (Å²) in [7, 11) is 1.50. The zero-order chi connectivity index (χ0) is 16.7. The zero-order valence-electron chi connectivity index (χ0n) is 12.9. The maximum atomic E-state index is 12.2. The molecule has 2 amide bonds. The number of nitrogens with one attached hydrogen (secondary N) is 2. The van der Waals surface area contributed by atoms with Crippen LogP contribution < -0.4 is 15.5 Å². The van der Waals surface area contributed by atoms with Crippen molar-refractivity contribution in [3.05, 3.63) is 29.8 Å². The number of ether oxygens (including phenoxy) is 2. The highest BCUT2D eigenvalue weighted by Gasteiger charge is 2.23. The van der Waals surface area contributed by atoms with Crippen molar-refractivity contribution in [2.75, 3.05) is 40.0 Å². The van der Waals surface area contributed by atoms with E-state index in [1.165, 1.54) is 7.11 Å². The minimum Gasteiger partial charge on any atom is -0.497 e. The number of rotatable bonds is 6. The molecule has 3 N–H and O–H groups in total. The topological polar surface area (TPSA) is 100 Å². The minimum atomic E-state index is -1.03. The van der Waals surface area contributed by atoms with Crippen LogP contribution in [0.3, 0.4) is 0 Å². The lowest BCUT2D eigenvalue weighted by atomic mass is 10.2. The van der Waals surface area contributed by atoms with Gasteiger partial charge in [0.2, 0.25) is 0 Å². The van der Waals surface area contributed by atoms with Gasteiger partial charge in [-0.2, -0.15) is 0 Å². The van der Waals surface area contributed by atoms with Gasteiger partial charge in [0, 0.05) is 18.7 Å². The number of nitrogens with zero attached hydrogens (tertiary/aromatic N) is 1. The van der Waals surface area contributed by atoms with Gasteiger partial charge in [0.1, 0.15) is 11.8 Å². The highest BCUT2D eigenvalue weighted by Crippen LogP contribution is 2.12. The van der Waals surface area contributed by atoms with Crippen LogP contribution in [0.1, 0.15) is 10.4 Å². The summed E-state index contributed by atoms with van der Waals surface area (Å²) < 4.78 is 10.2. The molecule has 126 valence electrons. The van der Waals surface area contributed by atoms with Crippen molar-refractivity contribution in [2.24, 2.45) is 0 Å². The van der Waals surface area contributed by atoms with Crippen molar-refractivity contribution >= 4 is 11.8 Å². The summed E-state index contributed by atoms with van der Waals surface area (Å²) in [5.41, 5.74) is 3.01. The first-order chi connectivity index (χ1) is 11.1. The van der Waals surface area contributed by atoms with Crippen LogP contribution in [0.5, 0.6) is 5.75 Å². The van der Waals surface area contributed by atoms with Crippen molar-refractivity contribution in [1.82, 2.24) is 15.8 Å². The molecule has 8 nitrogen and oxygen atoms in total. The molecule has 0 radical (unpaired) electrons. The number of hydrazine groups is 1. The van der Waals surface area contributed by atoms with Crippen LogP contribution in [0.15, 0.2) is 24.3 Å². The Hall–Kier alpha value is -2.16. The van der Waals surface area contributed by atoms with E-state index in [0.29, 0.717) is 37.6 Å². The van der Waals surface area contributed by atoms with Crippen LogP contribution >= 0.6 is 0 Å². The number of morpholine rings is 1. The first-order valence-corrected chi connectivity index (χ1v) is 7.33. The van der Waals surface area contributed by atoms with E-state index in [1.807, 2.05) is 0 Å². The van der Waals surface area contributed by atoms with Gasteiger partial charge in [-0.05, 0) is 18.2 Å². The van der Waals surface area contributed by atoms with E-state index < -0.39 is 24.5 Å². The fourth-order valence-corrected chi connectivity index (χ4v) is 2.11. The number of carbonyl (C=O) groups is 2. The highest BCUT2D eigenvalue weighted by atomic mass is 16.5. The Labute approximate surface area is 134 Å². The minimum absolute atomic E-state index is 0.349. The number of methoxy groups -OCH3 is 1. The third-order valence-electron chi connectivity index (χ3n) is 3.42. The van der Waals surface area contributed by atoms with E-state index >= 15 is 0 Å². The van der Waals surface area contributed by atoms with E-state index in [1.54, 1.807) is 29.3 Å². The van der Waals surface area contributed by atoms with Crippen LogP contribution in [-0.4, -0.2) is 68.0 Å². The second-order valence-corrected chi connectivity index (χ2v) is 5.02. The lowest BCUT2D eigenvalue weighted by Gasteiger charge is -2.28.